The molecule has 0 radical (unpaired) electrons. The molecular weight excluding hydrogens is 358 g/mol. The molecule has 2 aromatic carbocycles. The Hall–Kier alpha value is -3.11. The quantitative estimate of drug-likeness (QED) is 0.497. The predicted octanol–water partition coefficient (Wildman–Crippen LogP) is 5.29. The summed E-state index contributed by atoms with van der Waals surface area (Å²) >= 11 is 6.22. The summed E-state index contributed by atoms with van der Waals surface area (Å²) in [7, 11) is 0. The van der Waals surface area contributed by atoms with E-state index in [4.69, 9.17) is 21.3 Å². The normalized spacial score (nSPS) is 10.7. The lowest BCUT2D eigenvalue weighted by molar-refractivity contribution is 0.303. The van der Waals surface area contributed by atoms with Crippen LogP contribution in [0.1, 0.15) is 16.8 Å². The van der Waals surface area contributed by atoms with E-state index in [9.17, 15) is 0 Å². The number of rotatable bonds is 6. The van der Waals surface area contributed by atoms with Crippen LogP contribution in [0.15, 0.2) is 79.1 Å². The van der Waals surface area contributed by atoms with Crippen LogP contribution in [0.4, 0.5) is 0 Å². The van der Waals surface area contributed by atoms with Crippen molar-refractivity contribution in [3.05, 3.63) is 101 Å². The standard InChI is InChI=1S/C22H18ClN3O/c23-18-9-10-21(27-15-16-5-2-1-3-6-16)17(13-18)14-19-7-4-8-20(26-19)22-24-11-12-25-22/h1-13H,14-15H2,(H,24,25). The highest BCUT2D eigenvalue weighted by Gasteiger charge is 2.09. The van der Waals surface area contributed by atoms with Crippen molar-refractivity contribution < 1.29 is 4.74 Å². The largest absolute Gasteiger partial charge is 0.489 e. The zero-order valence-electron chi connectivity index (χ0n) is 14.6. The maximum absolute atomic E-state index is 6.22. The van der Waals surface area contributed by atoms with Crippen LogP contribution < -0.4 is 4.74 Å². The van der Waals surface area contributed by atoms with Crippen LogP contribution in [0, 0.1) is 0 Å². The molecule has 4 aromatic rings. The molecule has 0 aliphatic heterocycles. The van der Waals surface area contributed by atoms with Gasteiger partial charge >= 0.3 is 0 Å². The first-order chi connectivity index (χ1) is 13.3. The van der Waals surface area contributed by atoms with Crippen LogP contribution in [-0.2, 0) is 13.0 Å². The number of hydrogen-bond acceptors (Lipinski definition) is 3. The molecular formula is C22H18ClN3O. The minimum absolute atomic E-state index is 0.509. The highest BCUT2D eigenvalue weighted by atomic mass is 35.5. The molecule has 1 N–H and O–H groups in total. The van der Waals surface area contributed by atoms with Crippen molar-refractivity contribution >= 4 is 11.6 Å². The molecule has 5 heteroatoms. The number of benzene rings is 2. The Labute approximate surface area is 162 Å². The fourth-order valence-corrected chi connectivity index (χ4v) is 3.07. The van der Waals surface area contributed by atoms with E-state index in [0.717, 1.165) is 34.1 Å². The van der Waals surface area contributed by atoms with Gasteiger partial charge in [-0.05, 0) is 35.9 Å². The van der Waals surface area contributed by atoms with Gasteiger partial charge in [-0.25, -0.2) is 9.97 Å². The number of ether oxygens (including phenoxy) is 1. The third-order valence-corrected chi connectivity index (χ3v) is 4.41. The monoisotopic (exact) mass is 375 g/mol. The summed E-state index contributed by atoms with van der Waals surface area (Å²) < 4.78 is 6.05. The second-order valence-electron chi connectivity index (χ2n) is 6.16. The Morgan fingerprint density at radius 3 is 2.67 bits per heavy atom. The third-order valence-electron chi connectivity index (χ3n) is 4.18. The van der Waals surface area contributed by atoms with E-state index in [1.165, 1.54) is 0 Å². The molecule has 4 nitrogen and oxygen atoms in total. The number of nitrogens with zero attached hydrogens (tertiary/aromatic N) is 2. The van der Waals surface area contributed by atoms with Crippen LogP contribution in [0.25, 0.3) is 11.5 Å². The lowest BCUT2D eigenvalue weighted by Gasteiger charge is -2.12. The summed E-state index contributed by atoms with van der Waals surface area (Å²) in [4.78, 5) is 12.1. The van der Waals surface area contributed by atoms with Crippen LogP contribution in [0.5, 0.6) is 5.75 Å². The van der Waals surface area contributed by atoms with E-state index in [1.807, 2.05) is 66.7 Å². The van der Waals surface area contributed by atoms with Gasteiger partial charge in [0, 0.05) is 35.1 Å². The molecule has 0 spiro atoms. The predicted molar refractivity (Wildman–Crippen MR) is 107 cm³/mol. The number of halogens is 1. The summed E-state index contributed by atoms with van der Waals surface area (Å²) in [6.45, 7) is 0.509. The molecule has 0 atom stereocenters. The van der Waals surface area contributed by atoms with Crippen molar-refractivity contribution in [1.29, 1.82) is 0 Å². The van der Waals surface area contributed by atoms with Crippen molar-refractivity contribution in [2.24, 2.45) is 0 Å². The molecule has 0 fully saturated rings. The summed E-state index contributed by atoms with van der Waals surface area (Å²) in [6.07, 6.45) is 4.13. The maximum Gasteiger partial charge on any atom is 0.155 e. The Kier molecular flexibility index (Phi) is 5.17. The topological polar surface area (TPSA) is 50.8 Å². The molecule has 0 amide bonds. The number of aromatic amines is 1. The van der Waals surface area contributed by atoms with Crippen LogP contribution in [0.2, 0.25) is 5.02 Å². The third kappa shape index (κ3) is 4.36. The van der Waals surface area contributed by atoms with Gasteiger partial charge in [-0.3, -0.25) is 0 Å². The summed E-state index contributed by atoms with van der Waals surface area (Å²) in [5.41, 5.74) is 3.86. The van der Waals surface area contributed by atoms with E-state index in [2.05, 4.69) is 9.97 Å². The van der Waals surface area contributed by atoms with E-state index in [-0.39, 0.29) is 0 Å². The first-order valence-corrected chi connectivity index (χ1v) is 9.06. The Balaban J connectivity index is 1.56. The fourth-order valence-electron chi connectivity index (χ4n) is 2.87. The van der Waals surface area contributed by atoms with Gasteiger partial charge in [0.25, 0.3) is 0 Å². The minimum Gasteiger partial charge on any atom is -0.489 e. The Bertz CT molecular complexity index is 1020. The van der Waals surface area contributed by atoms with E-state index >= 15 is 0 Å². The molecule has 134 valence electrons. The van der Waals surface area contributed by atoms with Crippen LogP contribution in [-0.4, -0.2) is 15.0 Å². The van der Waals surface area contributed by atoms with Gasteiger partial charge < -0.3 is 9.72 Å². The van der Waals surface area contributed by atoms with Crippen molar-refractivity contribution in [3.8, 4) is 17.3 Å². The maximum atomic E-state index is 6.22. The van der Waals surface area contributed by atoms with E-state index in [1.54, 1.807) is 12.4 Å². The van der Waals surface area contributed by atoms with Crippen molar-refractivity contribution in [2.75, 3.05) is 0 Å². The van der Waals surface area contributed by atoms with Gasteiger partial charge in [0.15, 0.2) is 5.82 Å². The van der Waals surface area contributed by atoms with E-state index < -0.39 is 0 Å². The summed E-state index contributed by atoms with van der Waals surface area (Å²) in [5.74, 6) is 1.57. The molecule has 2 aromatic heterocycles. The van der Waals surface area contributed by atoms with Gasteiger partial charge in [-0.1, -0.05) is 48.0 Å². The summed E-state index contributed by atoms with van der Waals surface area (Å²) in [6, 6.07) is 21.7. The molecule has 2 heterocycles. The van der Waals surface area contributed by atoms with Gasteiger partial charge in [-0.15, -0.1) is 0 Å². The van der Waals surface area contributed by atoms with E-state index in [0.29, 0.717) is 18.1 Å². The molecule has 27 heavy (non-hydrogen) atoms. The van der Waals surface area contributed by atoms with Gasteiger partial charge in [-0.2, -0.15) is 0 Å². The number of hydrogen-bond donors (Lipinski definition) is 1. The SMILES string of the molecule is Clc1ccc(OCc2ccccc2)c(Cc2cccc(-c3ncc[nH]3)n2)c1. The first kappa shape index (κ1) is 17.3. The molecule has 0 saturated carbocycles. The van der Waals surface area contributed by atoms with Gasteiger partial charge in [0.1, 0.15) is 18.1 Å². The second-order valence-corrected chi connectivity index (χ2v) is 6.59. The average molecular weight is 376 g/mol. The molecule has 0 aliphatic carbocycles. The highest BCUT2D eigenvalue weighted by Crippen LogP contribution is 2.26. The van der Waals surface area contributed by atoms with Crippen molar-refractivity contribution in [1.82, 2.24) is 15.0 Å². The molecule has 4 rings (SSSR count). The molecule has 0 saturated heterocycles. The van der Waals surface area contributed by atoms with Crippen molar-refractivity contribution in [3.63, 3.8) is 0 Å². The number of H-pyrrole nitrogens is 1. The zero-order valence-corrected chi connectivity index (χ0v) is 15.4. The fraction of sp³-hybridized carbons (Fsp3) is 0.0909. The number of pyridine rings is 1. The average Bonchev–Trinajstić information content (AvgIpc) is 3.23. The number of nitrogens with one attached hydrogen (secondary N) is 1. The summed E-state index contributed by atoms with van der Waals surface area (Å²) in [5, 5.41) is 0.680. The molecule has 0 aliphatic rings. The van der Waals surface area contributed by atoms with Crippen LogP contribution in [0.3, 0.4) is 0 Å². The molecule has 0 bridgehead atoms. The second kappa shape index (κ2) is 8.06. The smallest absolute Gasteiger partial charge is 0.155 e. The molecule has 0 unspecified atom stereocenters. The van der Waals surface area contributed by atoms with Gasteiger partial charge in [0.05, 0.1) is 0 Å². The van der Waals surface area contributed by atoms with Crippen molar-refractivity contribution in [2.45, 2.75) is 13.0 Å². The number of imidazole rings is 1. The highest BCUT2D eigenvalue weighted by molar-refractivity contribution is 6.30. The minimum atomic E-state index is 0.509. The van der Waals surface area contributed by atoms with Crippen LogP contribution >= 0.6 is 11.6 Å². The number of aromatic nitrogens is 3. The lowest BCUT2D eigenvalue weighted by atomic mass is 10.1. The Morgan fingerprint density at radius 2 is 1.85 bits per heavy atom. The van der Waals surface area contributed by atoms with Gasteiger partial charge in [0.2, 0.25) is 0 Å². The zero-order chi connectivity index (χ0) is 18.5. The lowest BCUT2D eigenvalue weighted by Crippen LogP contribution is -2.01. The Morgan fingerprint density at radius 1 is 0.963 bits per heavy atom. The first-order valence-electron chi connectivity index (χ1n) is 8.69.